The molecule has 2 aromatic rings. The SMILES string of the molecule is Cc1cnc2c(c1)nc(N)n2C(C)C1CCCO1. The number of pyridine rings is 1. The lowest BCUT2D eigenvalue weighted by atomic mass is 10.1. The van der Waals surface area contributed by atoms with E-state index in [0.29, 0.717) is 5.95 Å². The van der Waals surface area contributed by atoms with E-state index in [2.05, 4.69) is 16.9 Å². The lowest BCUT2D eigenvalue weighted by Crippen LogP contribution is -2.22. The molecule has 1 aliphatic rings. The summed E-state index contributed by atoms with van der Waals surface area (Å²) in [6.45, 7) is 4.97. The molecular weight excluding hydrogens is 228 g/mol. The maximum atomic E-state index is 6.03. The molecule has 1 saturated heterocycles. The third-order valence-corrected chi connectivity index (χ3v) is 3.60. The fourth-order valence-corrected chi connectivity index (χ4v) is 2.65. The normalized spacial score (nSPS) is 21.6. The van der Waals surface area contributed by atoms with E-state index >= 15 is 0 Å². The third-order valence-electron chi connectivity index (χ3n) is 3.60. The van der Waals surface area contributed by atoms with Crippen LogP contribution in [0.3, 0.4) is 0 Å². The number of aromatic nitrogens is 3. The number of hydrogen-bond donors (Lipinski definition) is 1. The number of anilines is 1. The van der Waals surface area contributed by atoms with Crippen LogP contribution in [-0.4, -0.2) is 27.2 Å². The topological polar surface area (TPSA) is 66.0 Å². The molecule has 2 unspecified atom stereocenters. The molecule has 0 spiro atoms. The second-order valence-corrected chi connectivity index (χ2v) is 4.99. The minimum absolute atomic E-state index is 0.174. The maximum absolute atomic E-state index is 6.03. The van der Waals surface area contributed by atoms with Crippen LogP contribution >= 0.6 is 0 Å². The molecule has 5 nitrogen and oxygen atoms in total. The van der Waals surface area contributed by atoms with E-state index in [1.54, 1.807) is 0 Å². The molecule has 1 aliphatic heterocycles. The molecular formula is C13H18N4O. The molecule has 96 valence electrons. The minimum atomic E-state index is 0.174. The summed E-state index contributed by atoms with van der Waals surface area (Å²) in [4.78, 5) is 8.85. The van der Waals surface area contributed by atoms with Crippen molar-refractivity contribution in [1.82, 2.24) is 14.5 Å². The standard InChI is InChI=1S/C13H18N4O/c1-8-6-10-12(15-7-8)17(13(14)16-10)9(2)11-4-3-5-18-11/h6-7,9,11H,3-5H2,1-2H3,(H2,14,16). The van der Waals surface area contributed by atoms with Crippen LogP contribution in [0.15, 0.2) is 12.3 Å². The van der Waals surface area contributed by atoms with Crippen molar-refractivity contribution in [2.45, 2.75) is 38.8 Å². The average Bonchev–Trinajstić information content (AvgIpc) is 2.94. The van der Waals surface area contributed by atoms with Gasteiger partial charge in [-0.25, -0.2) is 9.97 Å². The minimum Gasteiger partial charge on any atom is -0.376 e. The quantitative estimate of drug-likeness (QED) is 0.880. The Morgan fingerprint density at radius 2 is 2.39 bits per heavy atom. The first-order chi connectivity index (χ1) is 8.66. The van der Waals surface area contributed by atoms with E-state index in [9.17, 15) is 0 Å². The highest BCUT2D eigenvalue weighted by Gasteiger charge is 2.26. The van der Waals surface area contributed by atoms with Gasteiger partial charge in [0.15, 0.2) is 5.65 Å². The first-order valence-corrected chi connectivity index (χ1v) is 6.38. The van der Waals surface area contributed by atoms with Crippen LogP contribution < -0.4 is 5.73 Å². The molecule has 0 aliphatic carbocycles. The molecule has 3 rings (SSSR count). The third kappa shape index (κ3) is 1.75. The number of hydrogen-bond acceptors (Lipinski definition) is 4. The fraction of sp³-hybridized carbons (Fsp3) is 0.538. The van der Waals surface area contributed by atoms with Crippen LogP contribution in [0, 0.1) is 6.92 Å². The van der Waals surface area contributed by atoms with Crippen molar-refractivity contribution in [2.24, 2.45) is 0 Å². The fourth-order valence-electron chi connectivity index (χ4n) is 2.65. The van der Waals surface area contributed by atoms with Gasteiger partial charge < -0.3 is 10.5 Å². The highest BCUT2D eigenvalue weighted by molar-refractivity contribution is 5.74. The van der Waals surface area contributed by atoms with Gasteiger partial charge in [0.1, 0.15) is 5.52 Å². The molecule has 5 heteroatoms. The van der Waals surface area contributed by atoms with E-state index in [1.807, 2.05) is 23.8 Å². The summed E-state index contributed by atoms with van der Waals surface area (Å²) >= 11 is 0. The number of nitrogen functional groups attached to an aromatic ring is 1. The molecule has 18 heavy (non-hydrogen) atoms. The van der Waals surface area contributed by atoms with Gasteiger partial charge in [0.2, 0.25) is 5.95 Å². The van der Waals surface area contributed by atoms with Crippen molar-refractivity contribution < 1.29 is 4.74 Å². The smallest absolute Gasteiger partial charge is 0.202 e. The van der Waals surface area contributed by atoms with Gasteiger partial charge in [-0.2, -0.15) is 0 Å². The van der Waals surface area contributed by atoms with E-state index in [0.717, 1.165) is 36.2 Å². The van der Waals surface area contributed by atoms with Gasteiger partial charge in [-0.15, -0.1) is 0 Å². The molecule has 1 fully saturated rings. The van der Waals surface area contributed by atoms with Crippen LogP contribution in [0.1, 0.15) is 31.4 Å². The predicted octanol–water partition coefficient (Wildman–Crippen LogP) is 2.06. The monoisotopic (exact) mass is 246 g/mol. The van der Waals surface area contributed by atoms with Gasteiger partial charge in [0.05, 0.1) is 12.1 Å². The summed E-state index contributed by atoms with van der Waals surface area (Å²) < 4.78 is 7.73. The van der Waals surface area contributed by atoms with Crippen LogP contribution in [-0.2, 0) is 4.74 Å². The van der Waals surface area contributed by atoms with Crippen molar-refractivity contribution in [3.8, 4) is 0 Å². The number of imidazole rings is 1. The number of fused-ring (bicyclic) bond motifs is 1. The van der Waals surface area contributed by atoms with Gasteiger partial charge in [-0.1, -0.05) is 0 Å². The molecule has 0 saturated carbocycles. The summed E-state index contributed by atoms with van der Waals surface area (Å²) in [5, 5.41) is 0. The molecule has 2 aromatic heterocycles. The molecule has 0 radical (unpaired) electrons. The number of rotatable bonds is 2. The lowest BCUT2D eigenvalue weighted by Gasteiger charge is -2.21. The summed E-state index contributed by atoms with van der Waals surface area (Å²) in [5.41, 5.74) is 8.83. The van der Waals surface area contributed by atoms with Gasteiger partial charge >= 0.3 is 0 Å². The second-order valence-electron chi connectivity index (χ2n) is 4.99. The zero-order valence-corrected chi connectivity index (χ0v) is 10.8. The molecule has 0 bridgehead atoms. The Hall–Kier alpha value is -1.62. The molecule has 0 aromatic carbocycles. The Morgan fingerprint density at radius 3 is 3.11 bits per heavy atom. The van der Waals surface area contributed by atoms with Crippen molar-refractivity contribution in [3.05, 3.63) is 17.8 Å². The summed E-state index contributed by atoms with van der Waals surface area (Å²) in [6, 6.07) is 2.19. The van der Waals surface area contributed by atoms with E-state index in [4.69, 9.17) is 10.5 Å². The predicted molar refractivity (Wildman–Crippen MR) is 70.4 cm³/mol. The van der Waals surface area contributed by atoms with Crippen molar-refractivity contribution in [1.29, 1.82) is 0 Å². The van der Waals surface area contributed by atoms with Gasteiger partial charge in [0.25, 0.3) is 0 Å². The van der Waals surface area contributed by atoms with Crippen LogP contribution in [0.5, 0.6) is 0 Å². The van der Waals surface area contributed by atoms with Crippen LogP contribution in [0.2, 0.25) is 0 Å². The molecule has 2 N–H and O–H groups in total. The summed E-state index contributed by atoms with van der Waals surface area (Å²) in [6.07, 6.45) is 4.26. The van der Waals surface area contributed by atoms with Gasteiger partial charge in [0, 0.05) is 12.8 Å². The maximum Gasteiger partial charge on any atom is 0.202 e. The second kappa shape index (κ2) is 4.24. The summed E-state index contributed by atoms with van der Waals surface area (Å²) in [7, 11) is 0. The Morgan fingerprint density at radius 1 is 1.56 bits per heavy atom. The number of ether oxygens (including phenoxy) is 1. The Kier molecular flexibility index (Phi) is 2.70. The molecule has 3 heterocycles. The van der Waals surface area contributed by atoms with Crippen molar-refractivity contribution in [3.63, 3.8) is 0 Å². The molecule has 0 amide bonds. The van der Waals surface area contributed by atoms with E-state index < -0.39 is 0 Å². The van der Waals surface area contributed by atoms with Gasteiger partial charge in [-0.3, -0.25) is 4.57 Å². The Bertz CT molecular complexity index is 572. The van der Waals surface area contributed by atoms with Crippen molar-refractivity contribution in [2.75, 3.05) is 12.3 Å². The summed E-state index contributed by atoms with van der Waals surface area (Å²) in [5.74, 6) is 0.520. The number of aryl methyl sites for hydroxylation is 1. The highest BCUT2D eigenvalue weighted by atomic mass is 16.5. The first kappa shape index (κ1) is 11.5. The zero-order valence-electron chi connectivity index (χ0n) is 10.8. The lowest BCUT2D eigenvalue weighted by molar-refractivity contribution is 0.0750. The first-order valence-electron chi connectivity index (χ1n) is 6.38. The van der Waals surface area contributed by atoms with Crippen molar-refractivity contribution >= 4 is 17.1 Å². The number of nitrogens with two attached hydrogens (primary N) is 1. The van der Waals surface area contributed by atoms with E-state index in [1.165, 1.54) is 0 Å². The van der Waals surface area contributed by atoms with Gasteiger partial charge in [-0.05, 0) is 38.3 Å². The van der Waals surface area contributed by atoms with Crippen LogP contribution in [0.4, 0.5) is 5.95 Å². The van der Waals surface area contributed by atoms with Crippen LogP contribution in [0.25, 0.3) is 11.2 Å². The largest absolute Gasteiger partial charge is 0.376 e. The highest BCUT2D eigenvalue weighted by Crippen LogP contribution is 2.29. The zero-order chi connectivity index (χ0) is 12.7. The Labute approximate surface area is 106 Å². The molecule has 2 atom stereocenters. The van der Waals surface area contributed by atoms with E-state index in [-0.39, 0.29) is 12.1 Å². The number of nitrogens with zero attached hydrogens (tertiary/aromatic N) is 3. The Balaban J connectivity index is 2.07. The average molecular weight is 246 g/mol.